The molecule has 0 aliphatic carbocycles. The van der Waals surface area contributed by atoms with Gasteiger partial charge in [-0.1, -0.05) is 38.8 Å². The van der Waals surface area contributed by atoms with Gasteiger partial charge < -0.3 is 15.2 Å². The van der Waals surface area contributed by atoms with Crippen LogP contribution in [0.3, 0.4) is 0 Å². The number of ketones is 1. The number of ether oxygens (including phenoxy) is 1. The zero-order valence-electron chi connectivity index (χ0n) is 18.1. The van der Waals surface area contributed by atoms with Crippen molar-refractivity contribution in [1.82, 2.24) is 5.32 Å². The SMILES string of the molecule is CCC.CCc1cc(C(=O)c2ccc(OC(F)(F)F)c(Cl)c2)c(NC(=O)CNCC(=O)O)s1. The Labute approximate surface area is 197 Å². The van der Waals surface area contributed by atoms with Crippen molar-refractivity contribution in [1.29, 1.82) is 0 Å². The Morgan fingerprint density at radius 3 is 2.27 bits per heavy atom. The number of amides is 1. The van der Waals surface area contributed by atoms with Crippen LogP contribution in [-0.4, -0.2) is 42.2 Å². The van der Waals surface area contributed by atoms with E-state index in [1.807, 2.05) is 6.92 Å². The molecule has 0 fully saturated rings. The van der Waals surface area contributed by atoms with Crippen LogP contribution in [0, 0.1) is 0 Å². The number of hydrogen-bond donors (Lipinski definition) is 3. The van der Waals surface area contributed by atoms with E-state index in [4.69, 9.17) is 16.7 Å². The van der Waals surface area contributed by atoms with Crippen LogP contribution in [-0.2, 0) is 16.0 Å². The van der Waals surface area contributed by atoms with E-state index >= 15 is 0 Å². The van der Waals surface area contributed by atoms with Crippen molar-refractivity contribution < 1.29 is 37.4 Å². The van der Waals surface area contributed by atoms with Gasteiger partial charge in [-0.05, 0) is 30.7 Å². The Morgan fingerprint density at radius 1 is 1.12 bits per heavy atom. The minimum absolute atomic E-state index is 0.00878. The van der Waals surface area contributed by atoms with Gasteiger partial charge in [0.2, 0.25) is 5.91 Å². The number of carbonyl (C=O) groups is 3. The van der Waals surface area contributed by atoms with Gasteiger partial charge in [0, 0.05) is 10.4 Å². The van der Waals surface area contributed by atoms with Crippen LogP contribution in [0.5, 0.6) is 5.75 Å². The predicted octanol–water partition coefficient (Wildman–Crippen LogP) is 5.12. The van der Waals surface area contributed by atoms with Crippen LogP contribution in [0.15, 0.2) is 24.3 Å². The average Bonchev–Trinajstić information content (AvgIpc) is 3.11. The predicted molar refractivity (Wildman–Crippen MR) is 120 cm³/mol. The molecule has 7 nitrogen and oxygen atoms in total. The van der Waals surface area contributed by atoms with Crippen molar-refractivity contribution in [2.24, 2.45) is 0 Å². The van der Waals surface area contributed by atoms with E-state index < -0.39 is 41.3 Å². The number of benzene rings is 1. The molecule has 2 rings (SSSR count). The smallest absolute Gasteiger partial charge is 0.480 e. The maximum absolute atomic E-state index is 12.9. The molecule has 1 aromatic carbocycles. The quantitative estimate of drug-likeness (QED) is 0.406. The van der Waals surface area contributed by atoms with Crippen molar-refractivity contribution in [3.8, 4) is 5.75 Å². The number of anilines is 1. The summed E-state index contributed by atoms with van der Waals surface area (Å²) in [6.07, 6.45) is -3.10. The van der Waals surface area contributed by atoms with Gasteiger partial charge in [-0.25, -0.2) is 0 Å². The Hall–Kier alpha value is -2.63. The number of halogens is 4. The number of nitrogens with one attached hydrogen (secondary N) is 2. The number of aliphatic carboxylic acids is 1. The standard InChI is InChI=1S/C18H16ClF3N2O5S.C3H8/c1-2-10-6-11(17(30-10)24-14(25)7-23-8-15(26)27)16(28)9-3-4-13(12(19)5-9)29-18(20,21)22;1-3-2/h3-6,23H,2,7-8H2,1H3,(H,24,25)(H,26,27);3H2,1-2H3. The molecule has 1 aromatic heterocycles. The summed E-state index contributed by atoms with van der Waals surface area (Å²) in [4.78, 5) is 36.2. The first-order valence-corrected chi connectivity index (χ1v) is 11.1. The maximum Gasteiger partial charge on any atom is 0.573 e. The van der Waals surface area contributed by atoms with Crippen LogP contribution in [0.25, 0.3) is 0 Å². The fourth-order valence-electron chi connectivity index (χ4n) is 2.34. The lowest BCUT2D eigenvalue weighted by Crippen LogP contribution is -2.31. The topological polar surface area (TPSA) is 105 Å². The highest BCUT2D eigenvalue weighted by atomic mass is 35.5. The van der Waals surface area contributed by atoms with Crippen molar-refractivity contribution in [3.05, 3.63) is 45.3 Å². The first-order valence-electron chi connectivity index (χ1n) is 9.86. The van der Waals surface area contributed by atoms with Crippen molar-refractivity contribution in [2.45, 2.75) is 40.0 Å². The summed E-state index contributed by atoms with van der Waals surface area (Å²) in [5, 5.41) is 13.4. The largest absolute Gasteiger partial charge is 0.573 e. The van der Waals surface area contributed by atoms with Gasteiger partial charge in [0.25, 0.3) is 0 Å². The molecule has 0 unspecified atom stereocenters. The van der Waals surface area contributed by atoms with Crippen LogP contribution in [0.2, 0.25) is 5.02 Å². The number of carbonyl (C=O) groups excluding carboxylic acids is 2. The lowest BCUT2D eigenvalue weighted by Gasteiger charge is -2.11. The monoisotopic (exact) mass is 508 g/mol. The third-order valence-corrected chi connectivity index (χ3v) is 5.10. The summed E-state index contributed by atoms with van der Waals surface area (Å²) >= 11 is 6.97. The number of rotatable bonds is 9. The van der Waals surface area contributed by atoms with Crippen LogP contribution in [0.1, 0.15) is 48.0 Å². The van der Waals surface area contributed by atoms with Gasteiger partial charge >= 0.3 is 12.3 Å². The molecule has 0 atom stereocenters. The van der Waals surface area contributed by atoms with Gasteiger partial charge in [-0.15, -0.1) is 24.5 Å². The highest BCUT2D eigenvalue weighted by molar-refractivity contribution is 7.16. The molecular formula is C21H24ClF3N2O5S. The highest BCUT2D eigenvalue weighted by Crippen LogP contribution is 2.34. The molecule has 182 valence electrons. The van der Waals surface area contributed by atoms with Crippen LogP contribution in [0.4, 0.5) is 18.2 Å². The molecule has 0 saturated carbocycles. The molecule has 0 spiro atoms. The number of aryl methyl sites for hydroxylation is 1. The van der Waals surface area contributed by atoms with Gasteiger partial charge in [0.15, 0.2) is 5.78 Å². The molecule has 0 bridgehead atoms. The van der Waals surface area contributed by atoms with Crippen molar-refractivity contribution in [2.75, 3.05) is 18.4 Å². The minimum atomic E-state index is -4.93. The fourth-order valence-corrected chi connectivity index (χ4v) is 3.57. The Kier molecular flexibility index (Phi) is 11.3. The van der Waals surface area contributed by atoms with E-state index in [1.54, 1.807) is 6.07 Å². The molecule has 0 saturated heterocycles. The lowest BCUT2D eigenvalue weighted by molar-refractivity contribution is -0.274. The second-order valence-corrected chi connectivity index (χ2v) is 8.13. The second kappa shape index (κ2) is 13.2. The zero-order chi connectivity index (χ0) is 25.2. The Bertz CT molecular complexity index is 979. The molecule has 1 heterocycles. The number of alkyl halides is 3. The molecule has 0 aliphatic rings. The third kappa shape index (κ3) is 9.80. The lowest BCUT2D eigenvalue weighted by atomic mass is 10.0. The van der Waals surface area contributed by atoms with E-state index in [0.29, 0.717) is 6.42 Å². The summed E-state index contributed by atoms with van der Waals surface area (Å²) in [6, 6.07) is 4.69. The maximum atomic E-state index is 12.9. The normalized spacial score (nSPS) is 10.8. The zero-order valence-corrected chi connectivity index (χ0v) is 19.7. The fraction of sp³-hybridized carbons (Fsp3) is 0.381. The van der Waals surface area contributed by atoms with Crippen LogP contribution < -0.4 is 15.4 Å². The number of carboxylic acid groups (broad SMARTS) is 1. The Morgan fingerprint density at radius 2 is 1.76 bits per heavy atom. The molecule has 12 heteroatoms. The average molecular weight is 509 g/mol. The Balaban J connectivity index is 0.00000172. The summed E-state index contributed by atoms with van der Waals surface area (Å²) in [5.41, 5.74) is 0.151. The van der Waals surface area contributed by atoms with Gasteiger partial charge in [-0.2, -0.15) is 0 Å². The third-order valence-electron chi connectivity index (χ3n) is 3.61. The summed E-state index contributed by atoms with van der Waals surface area (Å²) < 4.78 is 40.9. The first kappa shape index (κ1) is 28.4. The van der Waals surface area contributed by atoms with E-state index in [-0.39, 0.29) is 22.7 Å². The summed E-state index contributed by atoms with van der Waals surface area (Å²) in [7, 11) is 0. The minimum Gasteiger partial charge on any atom is -0.480 e. The van der Waals surface area contributed by atoms with E-state index in [9.17, 15) is 27.6 Å². The van der Waals surface area contributed by atoms with Gasteiger partial charge in [0.05, 0.1) is 23.7 Å². The first-order chi connectivity index (χ1) is 15.4. The van der Waals surface area contributed by atoms with E-state index in [1.165, 1.54) is 6.42 Å². The van der Waals surface area contributed by atoms with Gasteiger partial charge in [0.1, 0.15) is 10.8 Å². The van der Waals surface area contributed by atoms with Crippen molar-refractivity contribution in [3.63, 3.8) is 0 Å². The van der Waals surface area contributed by atoms with E-state index in [2.05, 4.69) is 29.2 Å². The molecule has 1 amide bonds. The molecule has 2 aromatic rings. The summed E-state index contributed by atoms with van der Waals surface area (Å²) in [5.74, 6) is -2.88. The molecule has 33 heavy (non-hydrogen) atoms. The molecular weight excluding hydrogens is 485 g/mol. The molecule has 0 radical (unpaired) electrons. The van der Waals surface area contributed by atoms with Crippen molar-refractivity contribution >= 4 is 45.6 Å². The molecule has 0 aliphatic heterocycles. The number of thiophene rings is 1. The summed E-state index contributed by atoms with van der Waals surface area (Å²) in [6.45, 7) is 5.41. The second-order valence-electron chi connectivity index (χ2n) is 6.58. The number of hydrogen-bond acceptors (Lipinski definition) is 6. The van der Waals surface area contributed by atoms with E-state index in [0.717, 1.165) is 34.4 Å². The number of carboxylic acids is 1. The molecule has 3 N–H and O–H groups in total. The van der Waals surface area contributed by atoms with Gasteiger partial charge in [-0.3, -0.25) is 19.7 Å². The highest BCUT2D eigenvalue weighted by Gasteiger charge is 2.32. The van der Waals surface area contributed by atoms with Crippen LogP contribution >= 0.6 is 22.9 Å².